The van der Waals surface area contributed by atoms with Crippen molar-refractivity contribution in [3.8, 4) is 5.75 Å². The number of esters is 1. The van der Waals surface area contributed by atoms with Crippen LogP contribution in [0.25, 0.3) is 0 Å². The predicted octanol–water partition coefficient (Wildman–Crippen LogP) is -0.768. The van der Waals surface area contributed by atoms with Crippen LogP contribution in [0.3, 0.4) is 0 Å². The molecule has 0 saturated carbocycles. The molecule has 3 rings (SSSR count). The van der Waals surface area contributed by atoms with Crippen LogP contribution < -0.4 is 15.0 Å². The van der Waals surface area contributed by atoms with Crippen LogP contribution in [0, 0.1) is 5.92 Å². The van der Waals surface area contributed by atoms with Crippen LogP contribution in [0.15, 0.2) is 29.3 Å². The van der Waals surface area contributed by atoms with Gasteiger partial charge in [-0.2, -0.15) is 0 Å². The van der Waals surface area contributed by atoms with E-state index in [1.165, 1.54) is 4.90 Å². The fourth-order valence-electron chi connectivity index (χ4n) is 3.37. The van der Waals surface area contributed by atoms with Crippen molar-refractivity contribution in [2.45, 2.75) is 13.0 Å². The smallest absolute Gasteiger partial charge is 0.321 e. The van der Waals surface area contributed by atoms with Gasteiger partial charge in [0.1, 0.15) is 11.8 Å². The molecule has 27 heavy (non-hydrogen) atoms. The fourth-order valence-corrected chi connectivity index (χ4v) is 3.37. The molecule has 2 aliphatic rings. The van der Waals surface area contributed by atoms with Gasteiger partial charge < -0.3 is 19.3 Å². The highest BCUT2D eigenvalue weighted by Crippen LogP contribution is 2.31. The average Bonchev–Trinajstić information content (AvgIpc) is 2.68. The number of aliphatic imine (C=N–C) groups is 1. The molecule has 1 fully saturated rings. The summed E-state index contributed by atoms with van der Waals surface area (Å²) < 4.78 is 10.3. The van der Waals surface area contributed by atoms with Crippen molar-refractivity contribution in [1.82, 2.24) is 10.2 Å². The number of amides is 1. The lowest BCUT2D eigenvalue weighted by atomic mass is 9.91. The number of quaternary nitrogens is 1. The number of ether oxygens (including phenoxy) is 2. The highest BCUT2D eigenvalue weighted by molar-refractivity contribution is 6.08. The van der Waals surface area contributed by atoms with Crippen LogP contribution in [0.5, 0.6) is 5.75 Å². The first-order valence-electron chi connectivity index (χ1n) is 9.29. The largest absolute Gasteiger partial charge is 0.497 e. The zero-order chi connectivity index (χ0) is 19.4. The fraction of sp³-hybridized carbons (Fsp3) is 0.526. The van der Waals surface area contributed by atoms with E-state index in [1.807, 2.05) is 12.1 Å². The van der Waals surface area contributed by atoms with Crippen molar-refractivity contribution in [3.63, 3.8) is 0 Å². The molecule has 8 heteroatoms. The van der Waals surface area contributed by atoms with E-state index in [0.717, 1.165) is 31.7 Å². The molecule has 0 bridgehead atoms. The first-order valence-corrected chi connectivity index (χ1v) is 9.29. The van der Waals surface area contributed by atoms with Gasteiger partial charge in [0.05, 0.1) is 46.9 Å². The lowest BCUT2D eigenvalue weighted by Gasteiger charge is -2.36. The molecule has 2 aliphatic heterocycles. The number of hydrogen-bond donors (Lipinski definition) is 2. The highest BCUT2D eigenvalue weighted by Gasteiger charge is 2.42. The quantitative estimate of drug-likeness (QED) is 0.533. The predicted molar refractivity (Wildman–Crippen MR) is 99.6 cm³/mol. The number of rotatable bonds is 4. The van der Waals surface area contributed by atoms with Crippen molar-refractivity contribution in [2.75, 3.05) is 46.9 Å². The number of carbonyl (C=O) groups is 2. The maximum Gasteiger partial charge on any atom is 0.321 e. The summed E-state index contributed by atoms with van der Waals surface area (Å²) in [6.45, 7) is 5.51. The lowest BCUT2D eigenvalue weighted by molar-refractivity contribution is -0.883. The van der Waals surface area contributed by atoms with Crippen molar-refractivity contribution in [3.05, 3.63) is 29.8 Å². The Morgan fingerprint density at radius 1 is 1.30 bits per heavy atom. The van der Waals surface area contributed by atoms with Crippen LogP contribution in [-0.2, 0) is 14.3 Å². The van der Waals surface area contributed by atoms with Gasteiger partial charge in [0.25, 0.3) is 0 Å². The van der Waals surface area contributed by atoms with E-state index in [4.69, 9.17) is 14.5 Å². The van der Waals surface area contributed by atoms with Crippen molar-refractivity contribution in [1.29, 1.82) is 0 Å². The van der Waals surface area contributed by atoms with Gasteiger partial charge in [0, 0.05) is 0 Å². The molecular formula is C19H27N4O4+. The molecule has 146 valence electrons. The summed E-state index contributed by atoms with van der Waals surface area (Å²) in [5.74, 6) is -0.682. The van der Waals surface area contributed by atoms with Crippen LogP contribution in [0.4, 0.5) is 0 Å². The second-order valence-corrected chi connectivity index (χ2v) is 6.83. The minimum absolute atomic E-state index is 0.218. The van der Waals surface area contributed by atoms with E-state index in [9.17, 15) is 9.59 Å². The minimum Gasteiger partial charge on any atom is -0.497 e. The van der Waals surface area contributed by atoms with Gasteiger partial charge in [0.2, 0.25) is 11.9 Å². The van der Waals surface area contributed by atoms with E-state index >= 15 is 0 Å². The Kier molecular flexibility index (Phi) is 5.95. The summed E-state index contributed by atoms with van der Waals surface area (Å²) in [4.78, 5) is 33.5. The topological polar surface area (TPSA) is 84.7 Å². The molecule has 0 spiro atoms. The Morgan fingerprint density at radius 3 is 2.56 bits per heavy atom. The van der Waals surface area contributed by atoms with Crippen molar-refractivity contribution >= 4 is 17.8 Å². The third-order valence-corrected chi connectivity index (χ3v) is 5.01. The Bertz CT molecular complexity index is 711. The maximum absolute atomic E-state index is 12.8. The Labute approximate surface area is 159 Å². The van der Waals surface area contributed by atoms with Crippen molar-refractivity contribution in [2.24, 2.45) is 10.9 Å². The standard InChI is InChI=1S/C19H26N4O4/c1-4-27-18(25)15-16(13-5-7-14(26-3)8-6-13)20-19(21-17(15)24)23-11-9-22(2)10-12-23/h5-8,15-16H,4,9-12H2,1-3H3,(H,20,21,24)/p+1/t15-,16-/m1/s1. The van der Waals surface area contributed by atoms with Gasteiger partial charge in [-0.1, -0.05) is 12.1 Å². The maximum atomic E-state index is 12.8. The number of carbonyl (C=O) groups excluding carboxylic acids is 2. The third kappa shape index (κ3) is 4.21. The number of benzene rings is 1. The number of hydrogen-bond acceptors (Lipinski definition) is 6. The Balaban J connectivity index is 1.93. The third-order valence-electron chi connectivity index (χ3n) is 5.01. The van der Waals surface area contributed by atoms with Crippen LogP contribution >= 0.6 is 0 Å². The van der Waals surface area contributed by atoms with E-state index in [1.54, 1.807) is 26.2 Å². The average molecular weight is 375 g/mol. The number of nitrogens with zero attached hydrogens (tertiary/aromatic N) is 2. The second kappa shape index (κ2) is 8.39. The molecular weight excluding hydrogens is 348 g/mol. The van der Waals surface area contributed by atoms with E-state index in [2.05, 4.69) is 17.3 Å². The summed E-state index contributed by atoms with van der Waals surface area (Å²) in [5.41, 5.74) is 0.779. The molecule has 8 nitrogen and oxygen atoms in total. The molecule has 1 aromatic carbocycles. The summed E-state index contributed by atoms with van der Waals surface area (Å²) in [6.07, 6.45) is 0. The molecule has 1 amide bonds. The Morgan fingerprint density at radius 2 is 1.96 bits per heavy atom. The van der Waals surface area contributed by atoms with Crippen molar-refractivity contribution < 1.29 is 24.0 Å². The number of guanidine groups is 1. The molecule has 1 saturated heterocycles. The van der Waals surface area contributed by atoms with Crippen LogP contribution in [0.1, 0.15) is 18.5 Å². The molecule has 1 aromatic rings. The zero-order valence-electron chi connectivity index (χ0n) is 16.0. The summed E-state index contributed by atoms with van der Waals surface area (Å²) in [5, 5.41) is 2.81. The van der Waals surface area contributed by atoms with E-state index in [-0.39, 0.29) is 12.5 Å². The van der Waals surface area contributed by atoms with Crippen LogP contribution in [-0.4, -0.2) is 69.7 Å². The normalized spacial score (nSPS) is 23.4. The van der Waals surface area contributed by atoms with E-state index in [0.29, 0.717) is 11.7 Å². The first-order chi connectivity index (χ1) is 13.0. The highest BCUT2D eigenvalue weighted by atomic mass is 16.5. The second-order valence-electron chi connectivity index (χ2n) is 6.83. The van der Waals surface area contributed by atoms with Gasteiger partial charge in [0.15, 0.2) is 5.92 Å². The van der Waals surface area contributed by atoms with Gasteiger partial charge in [-0.05, 0) is 24.6 Å². The molecule has 2 N–H and O–H groups in total. The minimum atomic E-state index is -1.000. The number of methoxy groups -OCH3 is 1. The molecule has 2 heterocycles. The molecule has 0 aromatic heterocycles. The zero-order valence-corrected chi connectivity index (χ0v) is 16.0. The molecule has 0 aliphatic carbocycles. The van der Waals surface area contributed by atoms with E-state index < -0.39 is 17.9 Å². The lowest BCUT2D eigenvalue weighted by Crippen LogP contribution is -3.12. The summed E-state index contributed by atoms with van der Waals surface area (Å²) in [6, 6.07) is 6.66. The summed E-state index contributed by atoms with van der Waals surface area (Å²) in [7, 11) is 3.74. The van der Waals surface area contributed by atoms with Crippen LogP contribution in [0.2, 0.25) is 0 Å². The first kappa shape index (κ1) is 19.2. The molecule has 2 atom stereocenters. The number of nitrogens with one attached hydrogen (secondary N) is 2. The Hall–Kier alpha value is -2.61. The number of piperazine rings is 1. The summed E-state index contributed by atoms with van der Waals surface area (Å²) >= 11 is 0. The van der Waals surface area contributed by atoms with Gasteiger partial charge in [-0.25, -0.2) is 4.99 Å². The van der Waals surface area contributed by atoms with Gasteiger partial charge in [-0.15, -0.1) is 0 Å². The monoisotopic (exact) mass is 375 g/mol. The van der Waals surface area contributed by atoms with Gasteiger partial charge in [-0.3, -0.25) is 14.9 Å². The SMILES string of the molecule is CCOC(=O)[C@H]1C(=O)NC(N2CC[NH+](C)CC2)=N[C@@H]1c1ccc(OC)cc1. The van der Waals surface area contributed by atoms with Gasteiger partial charge >= 0.3 is 5.97 Å². The molecule has 0 radical (unpaired) electrons. The molecule has 0 unspecified atom stereocenters. The number of likely N-dealkylation sites (N-methyl/N-ethyl adjacent to an activating group) is 1.